The second-order valence-electron chi connectivity index (χ2n) is 6.50. The molecule has 10 heteroatoms. The molecule has 0 atom stereocenters. The summed E-state index contributed by atoms with van der Waals surface area (Å²) in [5.41, 5.74) is 1.25. The molecule has 0 saturated heterocycles. The number of nitro benzene ring substituents is 1. The maximum absolute atomic E-state index is 12.4. The molecular formula is C20H24ClN3O6. The van der Waals surface area contributed by atoms with Gasteiger partial charge in [0.05, 0.1) is 32.8 Å². The molecule has 2 rings (SSSR count). The van der Waals surface area contributed by atoms with Crippen LogP contribution >= 0.6 is 11.6 Å². The van der Waals surface area contributed by atoms with Crippen LogP contribution < -0.4 is 19.5 Å². The average molecular weight is 438 g/mol. The van der Waals surface area contributed by atoms with Crippen LogP contribution in [-0.4, -0.2) is 50.7 Å². The van der Waals surface area contributed by atoms with Crippen LogP contribution in [0.5, 0.6) is 17.2 Å². The van der Waals surface area contributed by atoms with Gasteiger partial charge in [-0.1, -0.05) is 11.6 Å². The predicted octanol–water partition coefficient (Wildman–Crippen LogP) is 3.02. The number of amides is 1. The van der Waals surface area contributed by atoms with Crippen molar-refractivity contribution in [3.05, 3.63) is 56.6 Å². The third-order valence-electron chi connectivity index (χ3n) is 4.36. The van der Waals surface area contributed by atoms with E-state index in [2.05, 4.69) is 5.32 Å². The van der Waals surface area contributed by atoms with Gasteiger partial charge in [-0.2, -0.15) is 0 Å². The number of likely N-dealkylation sites (N-methyl/N-ethyl adjacent to an activating group) is 1. The van der Waals surface area contributed by atoms with Crippen LogP contribution in [-0.2, 0) is 17.9 Å². The van der Waals surface area contributed by atoms with Gasteiger partial charge in [0.25, 0.3) is 5.69 Å². The van der Waals surface area contributed by atoms with E-state index < -0.39 is 4.92 Å². The van der Waals surface area contributed by atoms with Gasteiger partial charge in [0.2, 0.25) is 5.91 Å². The molecule has 0 spiro atoms. The van der Waals surface area contributed by atoms with E-state index in [1.54, 1.807) is 24.1 Å². The lowest BCUT2D eigenvalue weighted by Crippen LogP contribution is -2.34. The van der Waals surface area contributed by atoms with Crippen molar-refractivity contribution in [2.75, 3.05) is 34.9 Å². The number of carbonyl (C=O) groups is 1. The topological polar surface area (TPSA) is 103 Å². The first kappa shape index (κ1) is 23.2. The van der Waals surface area contributed by atoms with Gasteiger partial charge in [-0.15, -0.1) is 0 Å². The zero-order valence-electron chi connectivity index (χ0n) is 17.2. The van der Waals surface area contributed by atoms with Crippen molar-refractivity contribution in [3.63, 3.8) is 0 Å². The van der Waals surface area contributed by atoms with Crippen LogP contribution in [0.3, 0.4) is 0 Å². The Kier molecular flexibility index (Phi) is 8.25. The molecule has 162 valence electrons. The van der Waals surface area contributed by atoms with E-state index in [1.165, 1.54) is 39.5 Å². The van der Waals surface area contributed by atoms with Gasteiger partial charge in [-0.05, 0) is 24.7 Å². The van der Waals surface area contributed by atoms with Gasteiger partial charge >= 0.3 is 0 Å². The number of rotatable bonds is 10. The fraction of sp³-hybridized carbons (Fsp3) is 0.350. The molecule has 1 amide bonds. The van der Waals surface area contributed by atoms with Gasteiger partial charge in [0.15, 0.2) is 11.5 Å². The van der Waals surface area contributed by atoms with E-state index >= 15 is 0 Å². The van der Waals surface area contributed by atoms with Gasteiger partial charge in [-0.3, -0.25) is 19.8 Å². The minimum absolute atomic E-state index is 0.0483. The van der Waals surface area contributed by atoms with E-state index in [1.807, 2.05) is 0 Å². The zero-order valence-corrected chi connectivity index (χ0v) is 18.0. The Balaban J connectivity index is 2.00. The number of hydrogen-bond donors (Lipinski definition) is 1. The number of nitro groups is 1. The van der Waals surface area contributed by atoms with E-state index in [-0.39, 0.29) is 31.2 Å². The number of nitrogens with zero attached hydrogens (tertiary/aromatic N) is 2. The summed E-state index contributed by atoms with van der Waals surface area (Å²) < 4.78 is 15.9. The summed E-state index contributed by atoms with van der Waals surface area (Å²) in [6.07, 6.45) is 0. The number of carbonyl (C=O) groups excluding carboxylic acids is 1. The molecule has 0 aliphatic heterocycles. The normalized spacial score (nSPS) is 10.6. The summed E-state index contributed by atoms with van der Waals surface area (Å²) in [7, 11) is 6.32. The first-order chi connectivity index (χ1) is 14.3. The van der Waals surface area contributed by atoms with Crippen molar-refractivity contribution in [2.24, 2.45) is 0 Å². The molecule has 1 N–H and O–H groups in total. The Morgan fingerprint density at radius 1 is 1.07 bits per heavy atom. The molecule has 0 radical (unpaired) electrons. The van der Waals surface area contributed by atoms with Crippen LogP contribution in [0.1, 0.15) is 11.1 Å². The number of nitrogens with one attached hydrogen (secondary N) is 1. The number of non-ortho nitro benzene ring substituents is 1. The highest BCUT2D eigenvalue weighted by Crippen LogP contribution is 2.34. The van der Waals surface area contributed by atoms with Crippen molar-refractivity contribution in [1.29, 1.82) is 0 Å². The highest BCUT2D eigenvalue weighted by molar-refractivity contribution is 6.31. The molecule has 9 nitrogen and oxygen atoms in total. The molecule has 0 bridgehead atoms. The second kappa shape index (κ2) is 10.7. The fourth-order valence-electron chi connectivity index (χ4n) is 2.87. The smallest absolute Gasteiger partial charge is 0.269 e. The van der Waals surface area contributed by atoms with Crippen molar-refractivity contribution < 1.29 is 23.9 Å². The SMILES string of the molecule is COc1cc(OC)c(OC)cc1CNC(=O)CN(C)Cc1cc([N+](=O)[O-])ccc1Cl. The monoisotopic (exact) mass is 437 g/mol. The molecule has 2 aromatic carbocycles. The van der Waals surface area contributed by atoms with Gasteiger partial charge < -0.3 is 19.5 Å². The fourth-order valence-corrected chi connectivity index (χ4v) is 3.05. The molecule has 30 heavy (non-hydrogen) atoms. The third-order valence-corrected chi connectivity index (χ3v) is 4.73. The van der Waals surface area contributed by atoms with Gasteiger partial charge in [0, 0.05) is 41.9 Å². The number of ether oxygens (including phenoxy) is 3. The second-order valence-corrected chi connectivity index (χ2v) is 6.91. The van der Waals surface area contributed by atoms with Gasteiger partial charge in [0.1, 0.15) is 5.75 Å². The Labute approximate surface area is 179 Å². The lowest BCUT2D eigenvalue weighted by molar-refractivity contribution is -0.384. The minimum atomic E-state index is -0.483. The Morgan fingerprint density at radius 3 is 2.30 bits per heavy atom. The molecule has 0 fully saturated rings. The molecule has 2 aromatic rings. The standard InChI is InChI=1S/C20H24ClN3O6/c1-23(11-14-7-15(24(26)27)5-6-16(14)21)12-20(25)22-10-13-8-18(29-3)19(30-4)9-17(13)28-2/h5-9H,10-12H2,1-4H3,(H,22,25). The number of benzene rings is 2. The zero-order chi connectivity index (χ0) is 22.3. The summed E-state index contributed by atoms with van der Waals surface area (Å²) in [5.74, 6) is 1.39. The summed E-state index contributed by atoms with van der Waals surface area (Å²) >= 11 is 6.12. The van der Waals surface area contributed by atoms with Crippen LogP contribution in [0.4, 0.5) is 5.69 Å². The number of methoxy groups -OCH3 is 3. The quantitative estimate of drug-likeness (QED) is 0.450. The molecule has 0 aliphatic carbocycles. The van der Waals surface area contributed by atoms with Crippen LogP contribution in [0.25, 0.3) is 0 Å². The molecule has 0 heterocycles. The minimum Gasteiger partial charge on any atom is -0.496 e. The lowest BCUT2D eigenvalue weighted by atomic mass is 10.1. The summed E-state index contributed by atoms with van der Waals surface area (Å²) in [5, 5.41) is 14.2. The van der Waals surface area contributed by atoms with Crippen molar-refractivity contribution in [3.8, 4) is 17.2 Å². The summed E-state index contributed by atoms with van der Waals surface area (Å²) in [6.45, 7) is 0.593. The molecular weight excluding hydrogens is 414 g/mol. The van der Waals surface area contributed by atoms with E-state index in [0.29, 0.717) is 27.8 Å². The number of halogens is 1. The molecule has 0 unspecified atom stereocenters. The molecule has 0 saturated carbocycles. The predicted molar refractivity (Wildman–Crippen MR) is 112 cm³/mol. The first-order valence-electron chi connectivity index (χ1n) is 8.96. The third kappa shape index (κ3) is 5.98. The Morgan fingerprint density at radius 2 is 1.70 bits per heavy atom. The van der Waals surface area contributed by atoms with E-state index in [0.717, 1.165) is 5.56 Å². The average Bonchev–Trinajstić information content (AvgIpc) is 2.72. The van der Waals surface area contributed by atoms with Crippen molar-refractivity contribution >= 4 is 23.2 Å². The molecule has 0 aromatic heterocycles. The molecule has 0 aliphatic rings. The van der Waals surface area contributed by atoms with Crippen LogP contribution in [0.2, 0.25) is 5.02 Å². The van der Waals surface area contributed by atoms with Crippen LogP contribution in [0, 0.1) is 10.1 Å². The highest BCUT2D eigenvalue weighted by atomic mass is 35.5. The van der Waals surface area contributed by atoms with Crippen LogP contribution in [0.15, 0.2) is 30.3 Å². The maximum Gasteiger partial charge on any atom is 0.269 e. The highest BCUT2D eigenvalue weighted by Gasteiger charge is 2.15. The largest absolute Gasteiger partial charge is 0.496 e. The lowest BCUT2D eigenvalue weighted by Gasteiger charge is -2.18. The summed E-state index contributed by atoms with van der Waals surface area (Å²) in [4.78, 5) is 24.5. The van der Waals surface area contributed by atoms with Gasteiger partial charge in [-0.25, -0.2) is 0 Å². The van der Waals surface area contributed by atoms with Crippen molar-refractivity contribution in [2.45, 2.75) is 13.1 Å². The van der Waals surface area contributed by atoms with E-state index in [4.69, 9.17) is 25.8 Å². The summed E-state index contributed by atoms with van der Waals surface area (Å²) in [6, 6.07) is 7.66. The Bertz CT molecular complexity index is 922. The first-order valence-corrected chi connectivity index (χ1v) is 9.33. The maximum atomic E-state index is 12.4. The Hall–Kier alpha value is -3.04. The van der Waals surface area contributed by atoms with E-state index in [9.17, 15) is 14.9 Å². The van der Waals surface area contributed by atoms with Crippen molar-refractivity contribution in [1.82, 2.24) is 10.2 Å². The number of hydrogen-bond acceptors (Lipinski definition) is 7.